The Labute approximate surface area is 108 Å². The van der Waals surface area contributed by atoms with Crippen molar-refractivity contribution in [3.63, 3.8) is 0 Å². The summed E-state index contributed by atoms with van der Waals surface area (Å²) in [5, 5.41) is 12.6. The second-order valence-corrected chi connectivity index (χ2v) is 4.58. The molecule has 18 heavy (non-hydrogen) atoms. The number of hydrogen-bond donors (Lipinski definition) is 2. The van der Waals surface area contributed by atoms with Crippen LogP contribution in [0.5, 0.6) is 11.5 Å². The SMILES string of the molecule is CCOc1cc(C(NC(C)=O)C(C)C)ccc1O. The quantitative estimate of drug-likeness (QED) is 0.845. The highest BCUT2D eigenvalue weighted by atomic mass is 16.5. The lowest BCUT2D eigenvalue weighted by molar-refractivity contribution is -0.120. The maximum atomic E-state index is 11.2. The van der Waals surface area contributed by atoms with Crippen LogP contribution in [0.1, 0.15) is 39.3 Å². The highest BCUT2D eigenvalue weighted by Crippen LogP contribution is 2.31. The zero-order valence-electron chi connectivity index (χ0n) is 11.4. The van der Waals surface area contributed by atoms with Crippen molar-refractivity contribution in [3.05, 3.63) is 23.8 Å². The van der Waals surface area contributed by atoms with Crippen molar-refractivity contribution in [1.29, 1.82) is 0 Å². The maximum absolute atomic E-state index is 11.2. The van der Waals surface area contributed by atoms with Gasteiger partial charge in [0.25, 0.3) is 0 Å². The number of aromatic hydroxyl groups is 1. The Morgan fingerprint density at radius 2 is 2.11 bits per heavy atom. The smallest absolute Gasteiger partial charge is 0.217 e. The van der Waals surface area contributed by atoms with E-state index in [4.69, 9.17) is 4.74 Å². The number of phenolic OH excluding ortho intramolecular Hbond substituents is 1. The first-order chi connectivity index (χ1) is 8.45. The average molecular weight is 251 g/mol. The number of carbonyl (C=O) groups is 1. The first-order valence-electron chi connectivity index (χ1n) is 6.18. The van der Waals surface area contributed by atoms with Crippen molar-refractivity contribution in [2.75, 3.05) is 6.61 Å². The molecule has 4 nitrogen and oxygen atoms in total. The first-order valence-corrected chi connectivity index (χ1v) is 6.18. The largest absolute Gasteiger partial charge is 0.504 e. The normalized spacial score (nSPS) is 12.3. The average Bonchev–Trinajstić information content (AvgIpc) is 2.29. The molecule has 1 atom stereocenters. The van der Waals surface area contributed by atoms with E-state index in [1.165, 1.54) is 6.92 Å². The van der Waals surface area contributed by atoms with E-state index < -0.39 is 0 Å². The van der Waals surface area contributed by atoms with Crippen LogP contribution >= 0.6 is 0 Å². The number of carbonyl (C=O) groups excluding carboxylic acids is 1. The van der Waals surface area contributed by atoms with Crippen LogP contribution < -0.4 is 10.1 Å². The summed E-state index contributed by atoms with van der Waals surface area (Å²) in [5.41, 5.74) is 0.932. The number of ether oxygens (including phenoxy) is 1. The van der Waals surface area contributed by atoms with Gasteiger partial charge in [-0.05, 0) is 30.5 Å². The Morgan fingerprint density at radius 1 is 1.44 bits per heavy atom. The van der Waals surface area contributed by atoms with E-state index in [0.29, 0.717) is 12.4 Å². The third-order valence-corrected chi connectivity index (χ3v) is 2.67. The van der Waals surface area contributed by atoms with Crippen LogP contribution in [0.25, 0.3) is 0 Å². The molecule has 1 aromatic rings. The molecule has 0 radical (unpaired) electrons. The van der Waals surface area contributed by atoms with Crippen molar-refractivity contribution >= 4 is 5.91 Å². The lowest BCUT2D eigenvalue weighted by Crippen LogP contribution is -2.29. The molecular weight excluding hydrogens is 230 g/mol. The minimum atomic E-state index is -0.0812. The van der Waals surface area contributed by atoms with Crippen molar-refractivity contribution in [3.8, 4) is 11.5 Å². The highest BCUT2D eigenvalue weighted by Gasteiger charge is 2.18. The molecule has 1 amide bonds. The van der Waals surface area contributed by atoms with Gasteiger partial charge in [0.15, 0.2) is 11.5 Å². The summed E-state index contributed by atoms with van der Waals surface area (Å²) in [5.74, 6) is 0.754. The summed E-state index contributed by atoms with van der Waals surface area (Å²) in [4.78, 5) is 11.2. The minimum absolute atomic E-state index is 0.0697. The lowest BCUT2D eigenvalue weighted by Gasteiger charge is -2.23. The van der Waals surface area contributed by atoms with Crippen LogP contribution in [0.4, 0.5) is 0 Å². The predicted octanol–water partition coefficient (Wildman–Crippen LogP) is 2.62. The zero-order chi connectivity index (χ0) is 13.7. The number of amides is 1. The summed E-state index contributed by atoms with van der Waals surface area (Å²) >= 11 is 0. The fourth-order valence-electron chi connectivity index (χ4n) is 1.85. The molecule has 4 heteroatoms. The van der Waals surface area contributed by atoms with Gasteiger partial charge in [0.1, 0.15) is 0 Å². The Hall–Kier alpha value is -1.71. The molecule has 0 spiro atoms. The number of nitrogens with one attached hydrogen (secondary N) is 1. The first kappa shape index (κ1) is 14.4. The topological polar surface area (TPSA) is 58.6 Å². The van der Waals surface area contributed by atoms with Crippen LogP contribution in [-0.2, 0) is 4.79 Å². The van der Waals surface area contributed by atoms with Crippen LogP contribution in [-0.4, -0.2) is 17.6 Å². The number of hydrogen-bond acceptors (Lipinski definition) is 3. The van der Waals surface area contributed by atoms with Crippen LogP contribution in [0, 0.1) is 5.92 Å². The van der Waals surface area contributed by atoms with Crippen molar-refractivity contribution in [2.24, 2.45) is 5.92 Å². The number of benzene rings is 1. The van der Waals surface area contributed by atoms with Crippen molar-refractivity contribution in [1.82, 2.24) is 5.32 Å². The van der Waals surface area contributed by atoms with E-state index in [0.717, 1.165) is 5.56 Å². The fourth-order valence-corrected chi connectivity index (χ4v) is 1.85. The molecule has 0 fully saturated rings. The highest BCUT2D eigenvalue weighted by molar-refractivity contribution is 5.73. The van der Waals surface area contributed by atoms with Gasteiger partial charge in [0.2, 0.25) is 5.91 Å². The van der Waals surface area contributed by atoms with Gasteiger partial charge in [-0.15, -0.1) is 0 Å². The number of rotatable bonds is 5. The Morgan fingerprint density at radius 3 is 2.61 bits per heavy atom. The predicted molar refractivity (Wildman–Crippen MR) is 70.7 cm³/mol. The molecule has 2 N–H and O–H groups in total. The maximum Gasteiger partial charge on any atom is 0.217 e. The summed E-state index contributed by atoms with van der Waals surface area (Å²) in [6, 6.07) is 5.09. The summed E-state index contributed by atoms with van der Waals surface area (Å²) in [6.07, 6.45) is 0. The molecule has 1 unspecified atom stereocenters. The van der Waals surface area contributed by atoms with Crippen LogP contribution in [0.2, 0.25) is 0 Å². The van der Waals surface area contributed by atoms with Crippen molar-refractivity contribution < 1.29 is 14.6 Å². The van der Waals surface area contributed by atoms with E-state index in [2.05, 4.69) is 5.32 Å². The van der Waals surface area contributed by atoms with Gasteiger partial charge >= 0.3 is 0 Å². The second kappa shape index (κ2) is 6.28. The minimum Gasteiger partial charge on any atom is -0.504 e. The zero-order valence-corrected chi connectivity index (χ0v) is 11.4. The van der Waals surface area contributed by atoms with Gasteiger partial charge in [0.05, 0.1) is 12.6 Å². The molecule has 0 aromatic heterocycles. The Kier molecular flexibility index (Phi) is 5.01. The van der Waals surface area contributed by atoms with E-state index >= 15 is 0 Å². The third-order valence-electron chi connectivity index (χ3n) is 2.67. The molecule has 0 heterocycles. The second-order valence-electron chi connectivity index (χ2n) is 4.58. The van der Waals surface area contributed by atoms with Gasteiger partial charge in [-0.25, -0.2) is 0 Å². The van der Waals surface area contributed by atoms with E-state index in [1.54, 1.807) is 18.2 Å². The molecular formula is C14H21NO3. The summed E-state index contributed by atoms with van der Waals surface area (Å²) in [7, 11) is 0. The van der Waals surface area contributed by atoms with E-state index in [1.807, 2.05) is 20.8 Å². The molecule has 0 aliphatic heterocycles. The lowest BCUT2D eigenvalue weighted by atomic mass is 9.95. The Balaban J connectivity index is 3.04. The molecule has 0 aliphatic carbocycles. The van der Waals surface area contributed by atoms with Crippen LogP contribution in [0.3, 0.4) is 0 Å². The van der Waals surface area contributed by atoms with Crippen LogP contribution in [0.15, 0.2) is 18.2 Å². The molecule has 0 saturated carbocycles. The van der Waals surface area contributed by atoms with E-state index in [9.17, 15) is 9.90 Å². The van der Waals surface area contributed by atoms with Crippen molar-refractivity contribution in [2.45, 2.75) is 33.7 Å². The molecule has 100 valence electrons. The third kappa shape index (κ3) is 3.65. The molecule has 0 aliphatic rings. The summed E-state index contributed by atoms with van der Waals surface area (Å²) < 4.78 is 5.35. The molecule has 1 aromatic carbocycles. The van der Waals surface area contributed by atoms with Gasteiger partial charge in [-0.3, -0.25) is 4.79 Å². The van der Waals surface area contributed by atoms with Gasteiger partial charge in [-0.2, -0.15) is 0 Å². The summed E-state index contributed by atoms with van der Waals surface area (Å²) in [6.45, 7) is 7.92. The fraction of sp³-hybridized carbons (Fsp3) is 0.500. The van der Waals surface area contributed by atoms with Gasteiger partial charge in [0, 0.05) is 6.92 Å². The number of phenols is 1. The Bertz CT molecular complexity index is 416. The van der Waals surface area contributed by atoms with Gasteiger partial charge < -0.3 is 15.2 Å². The van der Waals surface area contributed by atoms with E-state index in [-0.39, 0.29) is 23.6 Å². The molecule has 0 bridgehead atoms. The standard InChI is InChI=1S/C14H21NO3/c1-5-18-13-8-11(6-7-12(13)17)14(9(2)3)15-10(4)16/h6-9,14,17H,5H2,1-4H3,(H,15,16). The van der Waals surface area contributed by atoms with Gasteiger partial charge in [-0.1, -0.05) is 19.9 Å². The molecule has 0 saturated heterocycles. The molecule has 1 rings (SSSR count). The monoisotopic (exact) mass is 251 g/mol.